The van der Waals surface area contributed by atoms with Gasteiger partial charge in [0, 0.05) is 24.5 Å². The van der Waals surface area contributed by atoms with Gasteiger partial charge in [-0.05, 0) is 61.6 Å². The Morgan fingerprint density at radius 3 is 1.82 bits per heavy atom. The molecule has 2 rings (SSSR count). The smallest absolute Gasteiger partial charge is 0.330 e. The van der Waals surface area contributed by atoms with Gasteiger partial charge in [0.25, 0.3) is 0 Å². The number of carbonyl (C=O) groups excluding carboxylic acids is 2. The van der Waals surface area contributed by atoms with Gasteiger partial charge in [0.05, 0.1) is 6.10 Å². The van der Waals surface area contributed by atoms with Crippen molar-refractivity contribution >= 4 is 11.9 Å². The molecule has 0 saturated heterocycles. The highest BCUT2D eigenvalue weighted by Crippen LogP contribution is 2.31. The average Bonchev–Trinajstić information content (AvgIpc) is 2.93. The molecule has 0 bridgehead atoms. The topological polar surface area (TPSA) is 112 Å². The second-order valence-electron chi connectivity index (χ2n) is 10.2. The molecule has 2 N–H and O–H groups in total. The van der Waals surface area contributed by atoms with E-state index in [4.69, 9.17) is 18.9 Å². The van der Waals surface area contributed by atoms with Crippen molar-refractivity contribution in [2.75, 3.05) is 19.8 Å². The molecule has 2 aromatic carbocycles. The lowest BCUT2D eigenvalue weighted by Crippen LogP contribution is -2.36. The lowest BCUT2D eigenvalue weighted by Gasteiger charge is -2.30. The van der Waals surface area contributed by atoms with Crippen molar-refractivity contribution in [2.24, 2.45) is 0 Å². The molecular weight excluding hydrogens is 512 g/mol. The standard InChI is InChI=1S/C32H42O8/c1-8-30(35)39-20-27(34)19-38-29-14-12-25(16-22(29)5)23(6)24-11-13-28(21(4)15-24)37-18-26(33)17-32(7,10-3)40-31(36)9-2/h8-9,11-16,23,26-27,33-34H,1-2,10,17-20H2,3-7H3/t23?,26?,27?,32-/m0/s1. The number of rotatable bonds is 16. The maximum absolute atomic E-state index is 11.6. The van der Waals surface area contributed by atoms with Gasteiger partial charge in [-0.1, -0.05) is 51.3 Å². The maximum Gasteiger partial charge on any atom is 0.330 e. The Morgan fingerprint density at radius 1 is 0.875 bits per heavy atom. The molecule has 0 aliphatic carbocycles. The highest BCUT2D eigenvalue weighted by molar-refractivity contribution is 5.81. The zero-order valence-corrected chi connectivity index (χ0v) is 24.1. The Morgan fingerprint density at radius 2 is 1.38 bits per heavy atom. The van der Waals surface area contributed by atoms with Crippen LogP contribution < -0.4 is 9.47 Å². The number of hydrogen-bond acceptors (Lipinski definition) is 8. The molecule has 0 spiro atoms. The third-order valence-corrected chi connectivity index (χ3v) is 6.77. The first-order valence-electron chi connectivity index (χ1n) is 13.4. The Hall–Kier alpha value is -3.62. The second kappa shape index (κ2) is 15.2. The van der Waals surface area contributed by atoms with Gasteiger partial charge < -0.3 is 29.2 Å². The van der Waals surface area contributed by atoms with Crippen LogP contribution in [0.4, 0.5) is 0 Å². The third kappa shape index (κ3) is 9.84. The fourth-order valence-corrected chi connectivity index (χ4v) is 4.16. The second-order valence-corrected chi connectivity index (χ2v) is 10.2. The number of carbonyl (C=O) groups is 2. The van der Waals surface area contributed by atoms with Crippen LogP contribution in [0.3, 0.4) is 0 Å². The van der Waals surface area contributed by atoms with E-state index < -0.39 is 29.7 Å². The molecule has 0 amide bonds. The largest absolute Gasteiger partial charge is 0.491 e. The van der Waals surface area contributed by atoms with Crippen molar-refractivity contribution in [2.45, 2.75) is 71.2 Å². The van der Waals surface area contributed by atoms with E-state index >= 15 is 0 Å². The summed E-state index contributed by atoms with van der Waals surface area (Å²) in [7, 11) is 0. The molecule has 0 radical (unpaired) electrons. The van der Waals surface area contributed by atoms with Gasteiger partial charge in [0.2, 0.25) is 0 Å². The number of aliphatic hydroxyl groups is 2. The van der Waals surface area contributed by atoms with Gasteiger partial charge in [-0.3, -0.25) is 0 Å². The van der Waals surface area contributed by atoms with Crippen LogP contribution in [0.5, 0.6) is 11.5 Å². The van der Waals surface area contributed by atoms with E-state index in [0.717, 1.165) is 34.4 Å². The lowest BCUT2D eigenvalue weighted by molar-refractivity contribution is -0.155. The number of ether oxygens (including phenoxy) is 4. The molecule has 4 atom stereocenters. The summed E-state index contributed by atoms with van der Waals surface area (Å²) in [5, 5.41) is 20.5. The van der Waals surface area contributed by atoms with E-state index in [1.54, 1.807) is 6.92 Å². The zero-order chi connectivity index (χ0) is 29.9. The van der Waals surface area contributed by atoms with Gasteiger partial charge >= 0.3 is 11.9 Å². The van der Waals surface area contributed by atoms with Crippen LogP contribution in [0.25, 0.3) is 0 Å². The summed E-state index contributed by atoms with van der Waals surface area (Å²) in [6.07, 6.45) is 1.20. The number of benzene rings is 2. The molecule has 2 aromatic rings. The van der Waals surface area contributed by atoms with Crippen molar-refractivity contribution in [3.63, 3.8) is 0 Å². The minimum absolute atomic E-state index is 0.00677. The summed E-state index contributed by atoms with van der Waals surface area (Å²) < 4.78 is 21.9. The van der Waals surface area contributed by atoms with Crippen LogP contribution in [-0.2, 0) is 19.1 Å². The minimum Gasteiger partial charge on any atom is -0.491 e. The molecule has 0 aliphatic rings. The van der Waals surface area contributed by atoms with E-state index in [9.17, 15) is 19.8 Å². The molecule has 40 heavy (non-hydrogen) atoms. The summed E-state index contributed by atoms with van der Waals surface area (Å²) in [5.74, 6) is 0.303. The fourth-order valence-electron chi connectivity index (χ4n) is 4.16. The quantitative estimate of drug-likeness (QED) is 0.221. The minimum atomic E-state index is -0.947. The molecule has 0 aliphatic heterocycles. The van der Waals surface area contributed by atoms with Gasteiger partial charge in [0.1, 0.15) is 43.0 Å². The van der Waals surface area contributed by atoms with Gasteiger partial charge in [-0.2, -0.15) is 0 Å². The van der Waals surface area contributed by atoms with Gasteiger partial charge in [-0.15, -0.1) is 0 Å². The van der Waals surface area contributed by atoms with Crippen LogP contribution in [-0.4, -0.2) is 59.8 Å². The van der Waals surface area contributed by atoms with E-state index in [-0.39, 0.29) is 32.2 Å². The van der Waals surface area contributed by atoms with Gasteiger partial charge in [0.15, 0.2) is 0 Å². The summed E-state index contributed by atoms with van der Waals surface area (Å²) in [5.41, 5.74) is 3.26. The normalized spacial score (nSPS) is 14.7. The number of hydrogen-bond donors (Lipinski definition) is 2. The third-order valence-electron chi connectivity index (χ3n) is 6.77. The van der Waals surface area contributed by atoms with Crippen molar-refractivity contribution in [1.82, 2.24) is 0 Å². The Bertz CT molecular complexity index is 1170. The monoisotopic (exact) mass is 554 g/mol. The Kier molecular flexibility index (Phi) is 12.4. The van der Waals surface area contributed by atoms with E-state index in [0.29, 0.717) is 17.9 Å². The molecule has 0 aromatic heterocycles. The molecule has 8 heteroatoms. The van der Waals surface area contributed by atoms with Crippen LogP contribution in [0, 0.1) is 13.8 Å². The molecule has 0 fully saturated rings. The summed E-state index contributed by atoms with van der Waals surface area (Å²) in [6, 6.07) is 11.9. The summed E-state index contributed by atoms with van der Waals surface area (Å²) >= 11 is 0. The lowest BCUT2D eigenvalue weighted by atomic mass is 9.91. The van der Waals surface area contributed by atoms with Crippen molar-refractivity contribution in [1.29, 1.82) is 0 Å². The first-order valence-corrected chi connectivity index (χ1v) is 13.4. The Balaban J connectivity index is 1.98. The molecule has 0 heterocycles. The first kappa shape index (κ1) is 32.6. The molecule has 0 saturated carbocycles. The van der Waals surface area contributed by atoms with Crippen molar-refractivity contribution < 1.29 is 38.7 Å². The molecular formula is C32H42O8. The zero-order valence-electron chi connectivity index (χ0n) is 24.1. The summed E-state index contributed by atoms with van der Waals surface area (Å²) in [6.45, 7) is 16.3. The van der Waals surface area contributed by atoms with Gasteiger partial charge in [-0.25, -0.2) is 9.59 Å². The number of aliphatic hydroxyl groups excluding tert-OH is 2. The van der Waals surface area contributed by atoms with Crippen molar-refractivity contribution in [3.8, 4) is 11.5 Å². The highest BCUT2D eigenvalue weighted by Gasteiger charge is 2.29. The van der Waals surface area contributed by atoms with Crippen LogP contribution in [0.2, 0.25) is 0 Å². The maximum atomic E-state index is 11.6. The van der Waals surface area contributed by atoms with Crippen molar-refractivity contribution in [3.05, 3.63) is 84.0 Å². The molecule has 8 nitrogen and oxygen atoms in total. The summed E-state index contributed by atoms with van der Waals surface area (Å²) in [4.78, 5) is 22.8. The molecule has 3 unspecified atom stereocenters. The number of aryl methyl sites for hydroxylation is 2. The fraction of sp³-hybridized carbons (Fsp3) is 0.438. The number of esters is 2. The Labute approximate surface area is 237 Å². The first-order chi connectivity index (χ1) is 18.9. The predicted molar refractivity (Wildman–Crippen MR) is 154 cm³/mol. The SMILES string of the molecule is C=CC(=O)OCC(O)COc1ccc(C(C)c2ccc(OCC(O)C[C@](C)(CC)OC(=O)C=C)c(C)c2)cc1C. The van der Waals surface area contributed by atoms with Crippen LogP contribution in [0.15, 0.2) is 61.7 Å². The van der Waals surface area contributed by atoms with E-state index in [1.165, 1.54) is 0 Å². The van der Waals surface area contributed by atoms with Crippen LogP contribution >= 0.6 is 0 Å². The van der Waals surface area contributed by atoms with Crippen LogP contribution in [0.1, 0.15) is 61.8 Å². The average molecular weight is 555 g/mol. The highest BCUT2D eigenvalue weighted by atomic mass is 16.6. The molecule has 218 valence electrons. The van der Waals surface area contributed by atoms with E-state index in [2.05, 4.69) is 26.1 Å². The van der Waals surface area contributed by atoms with E-state index in [1.807, 2.05) is 51.1 Å². The predicted octanol–water partition coefficient (Wildman–Crippen LogP) is 4.95.